The smallest absolute Gasteiger partial charge is 0.226 e. The van der Waals surface area contributed by atoms with Crippen molar-refractivity contribution in [3.05, 3.63) is 11.7 Å². The first-order valence-electron chi connectivity index (χ1n) is 10.5. The number of likely N-dealkylation sites (tertiary alicyclic amines) is 1. The Morgan fingerprint density at radius 2 is 2.08 bits per heavy atom. The zero-order chi connectivity index (χ0) is 18.4. The molecule has 0 aromatic carbocycles. The normalized spacial score (nSPS) is 20.3. The molecule has 3 rings (SSSR count). The van der Waals surface area contributed by atoms with Crippen molar-refractivity contribution in [1.82, 2.24) is 20.4 Å². The highest BCUT2D eigenvalue weighted by Crippen LogP contribution is 2.43. The van der Waals surface area contributed by atoms with Crippen LogP contribution in [0.15, 0.2) is 9.52 Å². The van der Waals surface area contributed by atoms with E-state index >= 15 is 0 Å². The van der Waals surface area contributed by atoms with E-state index in [4.69, 9.17) is 9.52 Å². The zero-order valence-corrected chi connectivity index (χ0v) is 16.8. The van der Waals surface area contributed by atoms with Crippen LogP contribution >= 0.6 is 0 Å². The molecule has 1 aromatic rings. The SMILES string of the molecule is CCNC(=NCCCc1nc(C(C)C)no1)N1CCC2(CCCCC2)C1. The third-order valence-electron chi connectivity index (χ3n) is 5.80. The van der Waals surface area contributed by atoms with Crippen LogP contribution in [0.3, 0.4) is 0 Å². The molecule has 0 unspecified atom stereocenters. The molecule has 2 fully saturated rings. The average molecular weight is 362 g/mol. The van der Waals surface area contributed by atoms with Crippen molar-refractivity contribution in [3.8, 4) is 0 Å². The van der Waals surface area contributed by atoms with Crippen molar-refractivity contribution in [2.45, 2.75) is 78.1 Å². The molecule has 1 N–H and O–H groups in total. The van der Waals surface area contributed by atoms with Crippen LogP contribution in [0.4, 0.5) is 0 Å². The molecule has 6 nitrogen and oxygen atoms in total. The molecule has 1 saturated heterocycles. The van der Waals surface area contributed by atoms with Gasteiger partial charge in [0.2, 0.25) is 5.89 Å². The third-order valence-corrected chi connectivity index (χ3v) is 5.80. The Morgan fingerprint density at radius 1 is 1.27 bits per heavy atom. The molecule has 26 heavy (non-hydrogen) atoms. The Bertz CT molecular complexity index is 589. The second kappa shape index (κ2) is 8.87. The summed E-state index contributed by atoms with van der Waals surface area (Å²) >= 11 is 0. The second-order valence-corrected chi connectivity index (χ2v) is 8.27. The molecule has 0 bridgehead atoms. The molecule has 1 saturated carbocycles. The fourth-order valence-electron chi connectivity index (χ4n) is 4.27. The zero-order valence-electron chi connectivity index (χ0n) is 16.8. The number of hydrogen-bond donors (Lipinski definition) is 1. The van der Waals surface area contributed by atoms with Crippen molar-refractivity contribution in [2.24, 2.45) is 10.4 Å². The maximum atomic E-state index is 5.32. The molecular formula is C20H35N5O. The molecule has 2 heterocycles. The van der Waals surface area contributed by atoms with Gasteiger partial charge in [0.05, 0.1) is 0 Å². The molecular weight excluding hydrogens is 326 g/mol. The van der Waals surface area contributed by atoms with Crippen LogP contribution in [0.25, 0.3) is 0 Å². The number of guanidine groups is 1. The third kappa shape index (κ3) is 4.77. The van der Waals surface area contributed by atoms with E-state index < -0.39 is 0 Å². The maximum absolute atomic E-state index is 5.32. The molecule has 1 aromatic heterocycles. The minimum absolute atomic E-state index is 0.313. The summed E-state index contributed by atoms with van der Waals surface area (Å²) in [6, 6.07) is 0. The van der Waals surface area contributed by atoms with Gasteiger partial charge in [0, 0.05) is 38.5 Å². The Balaban J connectivity index is 1.50. The molecule has 0 atom stereocenters. The fourth-order valence-corrected chi connectivity index (χ4v) is 4.27. The number of rotatable bonds is 6. The van der Waals surface area contributed by atoms with Crippen LogP contribution in [0.5, 0.6) is 0 Å². The molecule has 1 aliphatic heterocycles. The van der Waals surface area contributed by atoms with Gasteiger partial charge in [0.15, 0.2) is 11.8 Å². The highest BCUT2D eigenvalue weighted by atomic mass is 16.5. The summed E-state index contributed by atoms with van der Waals surface area (Å²) in [5.41, 5.74) is 0.561. The van der Waals surface area contributed by atoms with E-state index in [1.54, 1.807) is 0 Å². The predicted octanol–water partition coefficient (Wildman–Crippen LogP) is 3.75. The van der Waals surface area contributed by atoms with Crippen molar-refractivity contribution >= 4 is 5.96 Å². The number of nitrogens with one attached hydrogen (secondary N) is 1. The van der Waals surface area contributed by atoms with Crippen LogP contribution < -0.4 is 5.32 Å². The van der Waals surface area contributed by atoms with Gasteiger partial charge in [-0.05, 0) is 38.0 Å². The Labute approximate surface area is 157 Å². The Kier molecular flexibility index (Phi) is 6.54. The van der Waals surface area contributed by atoms with E-state index in [0.29, 0.717) is 11.3 Å². The van der Waals surface area contributed by atoms with Gasteiger partial charge in [-0.15, -0.1) is 0 Å². The first kappa shape index (κ1) is 19.2. The lowest BCUT2D eigenvalue weighted by Crippen LogP contribution is -2.41. The largest absolute Gasteiger partial charge is 0.357 e. The van der Waals surface area contributed by atoms with Gasteiger partial charge in [-0.25, -0.2) is 0 Å². The van der Waals surface area contributed by atoms with Crippen molar-refractivity contribution in [3.63, 3.8) is 0 Å². The van der Waals surface area contributed by atoms with E-state index in [9.17, 15) is 0 Å². The van der Waals surface area contributed by atoms with Gasteiger partial charge in [0.1, 0.15) is 0 Å². The lowest BCUT2D eigenvalue weighted by molar-refractivity contribution is 0.203. The summed E-state index contributed by atoms with van der Waals surface area (Å²) in [6.45, 7) is 10.4. The molecule has 0 radical (unpaired) electrons. The topological polar surface area (TPSA) is 66.5 Å². The number of nitrogens with zero attached hydrogens (tertiary/aromatic N) is 4. The minimum Gasteiger partial charge on any atom is -0.357 e. The minimum atomic E-state index is 0.313. The first-order valence-corrected chi connectivity index (χ1v) is 10.5. The van der Waals surface area contributed by atoms with E-state index in [2.05, 4.69) is 41.1 Å². The first-order chi connectivity index (χ1) is 12.6. The van der Waals surface area contributed by atoms with E-state index in [1.807, 2.05) is 0 Å². The van der Waals surface area contributed by atoms with Crippen molar-refractivity contribution in [1.29, 1.82) is 0 Å². The van der Waals surface area contributed by atoms with Gasteiger partial charge in [0.25, 0.3) is 0 Å². The second-order valence-electron chi connectivity index (χ2n) is 8.27. The van der Waals surface area contributed by atoms with Crippen LogP contribution in [0.1, 0.15) is 83.3 Å². The lowest BCUT2D eigenvalue weighted by atomic mass is 9.73. The highest BCUT2D eigenvalue weighted by molar-refractivity contribution is 5.80. The van der Waals surface area contributed by atoms with Crippen molar-refractivity contribution in [2.75, 3.05) is 26.2 Å². The predicted molar refractivity (Wildman–Crippen MR) is 104 cm³/mol. The average Bonchev–Trinajstić information content (AvgIpc) is 3.26. The summed E-state index contributed by atoms with van der Waals surface area (Å²) in [7, 11) is 0. The number of aromatic nitrogens is 2. The monoisotopic (exact) mass is 361 g/mol. The van der Waals surface area contributed by atoms with Gasteiger partial charge in [-0.1, -0.05) is 38.3 Å². The summed E-state index contributed by atoms with van der Waals surface area (Å²) in [4.78, 5) is 11.8. The summed E-state index contributed by atoms with van der Waals surface area (Å²) in [5.74, 6) is 2.93. The van der Waals surface area contributed by atoms with Crippen molar-refractivity contribution < 1.29 is 4.52 Å². The Morgan fingerprint density at radius 3 is 2.77 bits per heavy atom. The van der Waals surface area contributed by atoms with E-state index in [-0.39, 0.29) is 0 Å². The summed E-state index contributed by atoms with van der Waals surface area (Å²) < 4.78 is 5.32. The van der Waals surface area contributed by atoms with Gasteiger partial charge in [-0.2, -0.15) is 4.98 Å². The number of hydrogen-bond acceptors (Lipinski definition) is 4. The molecule has 1 aliphatic carbocycles. The van der Waals surface area contributed by atoms with Gasteiger partial charge < -0.3 is 14.7 Å². The summed E-state index contributed by atoms with van der Waals surface area (Å²) in [5, 5.41) is 7.52. The van der Waals surface area contributed by atoms with Crippen LogP contribution in [-0.2, 0) is 6.42 Å². The summed E-state index contributed by atoms with van der Waals surface area (Å²) in [6.07, 6.45) is 10.1. The maximum Gasteiger partial charge on any atom is 0.226 e. The fraction of sp³-hybridized carbons (Fsp3) is 0.850. The standard InChI is InChI=1S/C20H35N5O/c1-4-21-19(25-14-12-20(15-25)10-6-5-7-11-20)22-13-8-9-17-23-18(16(2)3)24-26-17/h16H,4-15H2,1-3H3,(H,21,22). The molecule has 146 valence electrons. The Hall–Kier alpha value is -1.59. The highest BCUT2D eigenvalue weighted by Gasteiger charge is 2.39. The number of aryl methyl sites for hydroxylation is 1. The number of aliphatic imine (C=N–C) groups is 1. The van der Waals surface area contributed by atoms with Gasteiger partial charge >= 0.3 is 0 Å². The quantitative estimate of drug-likeness (QED) is 0.475. The molecule has 6 heteroatoms. The van der Waals surface area contributed by atoms with Crippen LogP contribution in [0, 0.1) is 5.41 Å². The van der Waals surface area contributed by atoms with Crippen LogP contribution in [-0.4, -0.2) is 47.2 Å². The molecule has 1 spiro atoms. The lowest BCUT2D eigenvalue weighted by Gasteiger charge is -2.33. The van der Waals surface area contributed by atoms with Gasteiger partial charge in [-0.3, -0.25) is 4.99 Å². The molecule has 0 amide bonds. The molecule has 2 aliphatic rings. The van der Waals surface area contributed by atoms with E-state index in [1.165, 1.54) is 45.1 Å². The van der Waals surface area contributed by atoms with Crippen LogP contribution in [0.2, 0.25) is 0 Å². The van der Waals surface area contributed by atoms with E-state index in [0.717, 1.165) is 50.2 Å².